The lowest BCUT2D eigenvalue weighted by atomic mass is 9.69. The molecule has 0 bridgehead atoms. The molecule has 0 heterocycles. The molecule has 1 aliphatic rings. The van der Waals surface area contributed by atoms with Crippen LogP contribution < -0.4 is 0 Å². The summed E-state index contributed by atoms with van der Waals surface area (Å²) in [6.07, 6.45) is 8.00. The second kappa shape index (κ2) is 11.5. The number of aliphatic hydroxyl groups is 1. The van der Waals surface area contributed by atoms with Gasteiger partial charge in [-0.15, -0.1) is 0 Å². The van der Waals surface area contributed by atoms with Crippen LogP contribution in [0.3, 0.4) is 0 Å². The molecule has 3 heteroatoms. The zero-order valence-electron chi connectivity index (χ0n) is 23.8. The van der Waals surface area contributed by atoms with Crippen molar-refractivity contribution in [2.75, 3.05) is 0 Å². The lowest BCUT2D eigenvalue weighted by Crippen LogP contribution is -2.27. The van der Waals surface area contributed by atoms with Crippen LogP contribution in [-0.2, 0) is 23.1 Å². The van der Waals surface area contributed by atoms with Crippen LogP contribution in [0.15, 0.2) is 54.6 Å². The van der Waals surface area contributed by atoms with Gasteiger partial charge in [0, 0.05) is 11.8 Å². The van der Waals surface area contributed by atoms with E-state index in [4.69, 9.17) is 0 Å². The first kappa shape index (κ1) is 28.2. The van der Waals surface area contributed by atoms with Gasteiger partial charge in [-0.3, -0.25) is 4.79 Å². The van der Waals surface area contributed by atoms with E-state index in [1.165, 1.54) is 29.2 Å². The zero-order valence-corrected chi connectivity index (χ0v) is 23.8. The molecule has 1 N–H and O–H groups in total. The van der Waals surface area contributed by atoms with E-state index >= 15 is 0 Å². The van der Waals surface area contributed by atoms with Gasteiger partial charge in [-0.2, -0.15) is 0 Å². The van der Waals surface area contributed by atoms with Crippen LogP contribution in [0.2, 0.25) is 0 Å². The normalized spacial score (nSPS) is 15.1. The number of carbonyl (C=O) groups excluding carboxylic acids is 1. The van der Waals surface area contributed by atoms with Gasteiger partial charge in [0.2, 0.25) is 0 Å². The Kier molecular flexibility index (Phi) is 8.57. The number of rotatable bonds is 10. The van der Waals surface area contributed by atoms with Crippen LogP contribution in [0.25, 0.3) is 11.1 Å². The molecular weight excluding hydrogens is 471 g/mol. The van der Waals surface area contributed by atoms with Crippen molar-refractivity contribution in [1.29, 1.82) is 0 Å². The van der Waals surface area contributed by atoms with Crippen LogP contribution in [0.5, 0.6) is 0 Å². The van der Waals surface area contributed by atoms with Gasteiger partial charge in [0.05, 0.1) is 5.60 Å². The monoisotopic (exact) mass is 514 g/mol. The Bertz CT molecular complexity index is 1300. The Hall–Kier alpha value is -2.78. The second-order valence-corrected chi connectivity index (χ2v) is 11.6. The molecule has 0 saturated heterocycles. The highest BCUT2D eigenvalue weighted by Crippen LogP contribution is 2.41. The van der Waals surface area contributed by atoms with Crippen LogP contribution in [0.4, 0.5) is 4.39 Å². The van der Waals surface area contributed by atoms with Crippen molar-refractivity contribution in [2.45, 2.75) is 103 Å². The lowest BCUT2D eigenvalue weighted by Gasteiger charge is -2.34. The minimum Gasteiger partial charge on any atom is -0.390 e. The molecule has 3 aromatic rings. The van der Waals surface area contributed by atoms with E-state index in [9.17, 15) is 14.3 Å². The first-order valence-corrected chi connectivity index (χ1v) is 14.3. The van der Waals surface area contributed by atoms with E-state index in [2.05, 4.69) is 64.1 Å². The molecule has 38 heavy (non-hydrogen) atoms. The van der Waals surface area contributed by atoms with E-state index in [0.717, 1.165) is 68.1 Å². The Morgan fingerprint density at radius 3 is 2.05 bits per heavy atom. The highest BCUT2D eigenvalue weighted by molar-refractivity contribution is 5.78. The fourth-order valence-electron chi connectivity index (χ4n) is 6.57. The first-order chi connectivity index (χ1) is 18.1. The minimum atomic E-state index is -0.475. The SMILES string of the molecule is CCC(CC)(c1ccc(CCC2(O)CCCC2)c(C)c1)c1ccc(-c2ccc(CC(C)=O)c(F)c2)c(C)c1. The lowest BCUT2D eigenvalue weighted by molar-refractivity contribution is -0.116. The van der Waals surface area contributed by atoms with Gasteiger partial charge in [-0.25, -0.2) is 4.39 Å². The van der Waals surface area contributed by atoms with Gasteiger partial charge in [0.25, 0.3) is 0 Å². The van der Waals surface area contributed by atoms with Crippen molar-refractivity contribution in [3.05, 3.63) is 93.8 Å². The van der Waals surface area contributed by atoms with Crippen LogP contribution in [0, 0.1) is 19.7 Å². The van der Waals surface area contributed by atoms with E-state index < -0.39 is 5.60 Å². The highest BCUT2D eigenvalue weighted by atomic mass is 19.1. The molecule has 3 aromatic carbocycles. The third-order valence-electron chi connectivity index (χ3n) is 9.08. The topological polar surface area (TPSA) is 37.3 Å². The van der Waals surface area contributed by atoms with E-state index in [1.807, 2.05) is 6.07 Å². The summed E-state index contributed by atoms with van der Waals surface area (Å²) in [6, 6.07) is 18.7. The molecule has 0 atom stereocenters. The number of benzene rings is 3. The number of hydrogen-bond donors (Lipinski definition) is 1. The molecule has 0 amide bonds. The zero-order chi connectivity index (χ0) is 27.5. The summed E-state index contributed by atoms with van der Waals surface area (Å²) in [5, 5.41) is 10.8. The molecule has 2 nitrogen and oxygen atoms in total. The van der Waals surface area contributed by atoms with Gasteiger partial charge < -0.3 is 5.11 Å². The summed E-state index contributed by atoms with van der Waals surface area (Å²) in [6.45, 7) is 10.3. The first-order valence-electron chi connectivity index (χ1n) is 14.3. The molecule has 0 radical (unpaired) electrons. The maximum Gasteiger partial charge on any atom is 0.134 e. The maximum atomic E-state index is 14.7. The molecular formula is C35H43FO2. The number of Topliss-reactive ketones (excluding diaryl/α,β-unsaturated/α-hetero) is 1. The van der Waals surface area contributed by atoms with Gasteiger partial charge in [-0.1, -0.05) is 75.2 Å². The predicted octanol–water partition coefficient (Wildman–Crippen LogP) is 8.58. The van der Waals surface area contributed by atoms with Gasteiger partial charge in [0.1, 0.15) is 11.6 Å². The van der Waals surface area contributed by atoms with Crippen molar-refractivity contribution in [1.82, 2.24) is 0 Å². The quantitative estimate of drug-likeness (QED) is 0.294. The molecule has 0 unspecified atom stereocenters. The summed E-state index contributed by atoms with van der Waals surface area (Å²) in [5.41, 5.74) is 8.07. The largest absolute Gasteiger partial charge is 0.390 e. The number of halogens is 1. The molecule has 1 aliphatic carbocycles. The van der Waals surface area contributed by atoms with E-state index in [0.29, 0.717) is 5.56 Å². The molecule has 0 spiro atoms. The van der Waals surface area contributed by atoms with Crippen LogP contribution in [-0.4, -0.2) is 16.5 Å². The average Bonchev–Trinajstić information content (AvgIpc) is 3.32. The van der Waals surface area contributed by atoms with Crippen molar-refractivity contribution < 1.29 is 14.3 Å². The van der Waals surface area contributed by atoms with Gasteiger partial charge >= 0.3 is 0 Å². The average molecular weight is 515 g/mol. The fourth-order valence-corrected chi connectivity index (χ4v) is 6.57. The van der Waals surface area contributed by atoms with Crippen molar-refractivity contribution >= 4 is 5.78 Å². The van der Waals surface area contributed by atoms with Crippen molar-refractivity contribution in [2.24, 2.45) is 0 Å². The van der Waals surface area contributed by atoms with E-state index in [1.54, 1.807) is 12.1 Å². The Morgan fingerprint density at radius 1 is 0.895 bits per heavy atom. The summed E-state index contributed by atoms with van der Waals surface area (Å²) < 4.78 is 14.7. The predicted molar refractivity (Wildman–Crippen MR) is 155 cm³/mol. The summed E-state index contributed by atoms with van der Waals surface area (Å²) in [5.74, 6) is -0.365. The summed E-state index contributed by atoms with van der Waals surface area (Å²) in [4.78, 5) is 11.4. The van der Waals surface area contributed by atoms with Crippen LogP contribution in [0.1, 0.15) is 99.1 Å². The van der Waals surface area contributed by atoms with Crippen LogP contribution >= 0.6 is 0 Å². The third-order valence-corrected chi connectivity index (χ3v) is 9.08. The number of aryl methyl sites for hydroxylation is 3. The standard InChI is InChI=1S/C35H43FO2/c1-6-35(7-2,30-13-12-27(24(3)20-30)16-19-34(38)17-8-9-18-34)31-14-15-32(25(4)21-31)28-10-11-29(22-26(5)37)33(36)23-28/h10-15,20-21,23,38H,6-9,16-19,22H2,1-5H3. The minimum absolute atomic E-state index is 0.0398. The third kappa shape index (κ3) is 5.78. The molecule has 4 rings (SSSR count). The molecule has 0 aromatic heterocycles. The molecule has 1 fully saturated rings. The summed E-state index contributed by atoms with van der Waals surface area (Å²) in [7, 11) is 0. The van der Waals surface area contributed by atoms with Gasteiger partial charge in [0.15, 0.2) is 0 Å². The molecule has 0 aliphatic heterocycles. The van der Waals surface area contributed by atoms with Gasteiger partial charge in [-0.05, 0) is 110 Å². The Balaban J connectivity index is 1.62. The van der Waals surface area contributed by atoms with Crippen molar-refractivity contribution in [3.63, 3.8) is 0 Å². The summed E-state index contributed by atoms with van der Waals surface area (Å²) >= 11 is 0. The second-order valence-electron chi connectivity index (χ2n) is 11.6. The smallest absolute Gasteiger partial charge is 0.134 e. The Morgan fingerprint density at radius 2 is 1.50 bits per heavy atom. The number of ketones is 1. The number of hydrogen-bond acceptors (Lipinski definition) is 2. The fraction of sp³-hybridized carbons (Fsp3) is 0.457. The number of carbonyl (C=O) groups is 1. The maximum absolute atomic E-state index is 14.7. The molecule has 1 saturated carbocycles. The van der Waals surface area contributed by atoms with Crippen molar-refractivity contribution in [3.8, 4) is 11.1 Å². The van der Waals surface area contributed by atoms with E-state index in [-0.39, 0.29) is 23.4 Å². The molecule has 202 valence electrons. The Labute approximate surface area is 228 Å². The highest BCUT2D eigenvalue weighted by Gasteiger charge is 2.33.